The summed E-state index contributed by atoms with van der Waals surface area (Å²) >= 11 is 0. The van der Waals surface area contributed by atoms with Gasteiger partial charge in [-0.15, -0.1) is 0 Å². The first-order chi connectivity index (χ1) is 12.0. The fraction of sp³-hybridized carbons (Fsp3) is 0.500. The molecule has 1 heterocycles. The summed E-state index contributed by atoms with van der Waals surface area (Å²) in [7, 11) is -3.79. The number of unbranched alkanes of at least 4 members (excludes halogenated alkanes) is 7. The Labute approximate surface area is 151 Å². The minimum Gasteiger partial charge on any atom is -0.354 e. The van der Waals surface area contributed by atoms with Gasteiger partial charge >= 0.3 is 7.60 Å². The highest BCUT2D eigenvalue weighted by Gasteiger charge is 2.10. The van der Waals surface area contributed by atoms with Gasteiger partial charge in [0.1, 0.15) is 0 Å². The fourth-order valence-corrected chi connectivity index (χ4v) is 3.69. The van der Waals surface area contributed by atoms with Gasteiger partial charge in [-0.3, -0.25) is 4.57 Å². The van der Waals surface area contributed by atoms with Crippen molar-refractivity contribution in [3.63, 3.8) is 0 Å². The molecule has 0 aliphatic heterocycles. The van der Waals surface area contributed by atoms with Crippen LogP contribution in [0.2, 0.25) is 0 Å². The van der Waals surface area contributed by atoms with Crippen LogP contribution in [0, 0.1) is 0 Å². The van der Waals surface area contributed by atoms with E-state index in [-0.39, 0.29) is 6.16 Å². The smallest absolute Gasteiger partial charge is 0.325 e. The number of hydrogen-bond acceptors (Lipinski definition) is 1. The van der Waals surface area contributed by atoms with Crippen molar-refractivity contribution in [2.75, 3.05) is 6.16 Å². The van der Waals surface area contributed by atoms with Crippen LogP contribution in [0.5, 0.6) is 0 Å². The van der Waals surface area contributed by atoms with Gasteiger partial charge in [0.25, 0.3) is 0 Å². The van der Waals surface area contributed by atoms with E-state index >= 15 is 0 Å². The summed E-state index contributed by atoms with van der Waals surface area (Å²) in [5.74, 6) is 0. The molecule has 0 aliphatic rings. The molecule has 1 aromatic carbocycles. The maximum atomic E-state index is 10.7. The van der Waals surface area contributed by atoms with Gasteiger partial charge in [0, 0.05) is 25.1 Å². The minimum absolute atomic E-state index is 0.0365. The molecule has 0 saturated heterocycles. The molecule has 2 N–H and O–H groups in total. The van der Waals surface area contributed by atoms with E-state index in [1.807, 2.05) is 6.07 Å². The van der Waals surface area contributed by atoms with Crippen molar-refractivity contribution < 1.29 is 14.4 Å². The van der Waals surface area contributed by atoms with Crippen LogP contribution in [0.3, 0.4) is 0 Å². The van der Waals surface area contributed by atoms with Crippen LogP contribution in [-0.4, -0.2) is 20.5 Å². The van der Waals surface area contributed by atoms with Crippen molar-refractivity contribution in [2.45, 2.75) is 57.9 Å². The molecule has 0 unspecified atom stereocenters. The predicted octanol–water partition coefficient (Wildman–Crippen LogP) is 5.45. The summed E-state index contributed by atoms with van der Waals surface area (Å²) in [4.78, 5) is 17.6. The zero-order valence-electron chi connectivity index (χ0n) is 14.9. The van der Waals surface area contributed by atoms with Crippen molar-refractivity contribution in [3.05, 3.63) is 48.8 Å². The van der Waals surface area contributed by atoms with Gasteiger partial charge in [-0.1, -0.05) is 68.9 Å². The quantitative estimate of drug-likeness (QED) is 0.389. The molecule has 0 radical (unpaired) electrons. The number of benzene rings is 1. The van der Waals surface area contributed by atoms with Crippen LogP contribution < -0.4 is 0 Å². The minimum atomic E-state index is -3.79. The number of aryl methyl sites for hydroxylation is 1. The third-order valence-electron chi connectivity index (χ3n) is 4.47. The Morgan fingerprint density at radius 1 is 0.760 bits per heavy atom. The van der Waals surface area contributed by atoms with E-state index in [0.717, 1.165) is 19.4 Å². The zero-order valence-corrected chi connectivity index (χ0v) is 15.8. The van der Waals surface area contributed by atoms with Crippen LogP contribution in [0.4, 0.5) is 0 Å². The second kappa shape index (κ2) is 10.6. The van der Waals surface area contributed by atoms with E-state index in [9.17, 15) is 4.57 Å². The van der Waals surface area contributed by atoms with Crippen molar-refractivity contribution in [1.82, 2.24) is 4.57 Å². The highest BCUT2D eigenvalue weighted by atomic mass is 31.2. The summed E-state index contributed by atoms with van der Waals surface area (Å²) in [6.45, 7) is 1.06. The zero-order chi connectivity index (χ0) is 18.0. The lowest BCUT2D eigenvalue weighted by Crippen LogP contribution is -1.94. The summed E-state index contributed by atoms with van der Waals surface area (Å²) in [6.07, 6.45) is 13.1. The van der Waals surface area contributed by atoms with E-state index in [0.29, 0.717) is 6.42 Å². The monoisotopic (exact) mass is 363 g/mol. The first-order valence-electron chi connectivity index (χ1n) is 9.30. The summed E-state index contributed by atoms with van der Waals surface area (Å²) in [6, 6.07) is 12.6. The molecule has 0 aliphatic carbocycles. The molecule has 0 saturated carbocycles. The third-order valence-corrected chi connectivity index (χ3v) is 5.37. The Bertz CT molecular complexity index is 648. The molecule has 0 spiro atoms. The fourth-order valence-electron chi connectivity index (χ4n) is 3.05. The molecule has 25 heavy (non-hydrogen) atoms. The molecule has 0 amide bonds. The normalized spacial score (nSPS) is 11.8. The van der Waals surface area contributed by atoms with Crippen molar-refractivity contribution in [1.29, 1.82) is 0 Å². The van der Waals surface area contributed by atoms with Crippen LogP contribution >= 0.6 is 7.60 Å². The van der Waals surface area contributed by atoms with E-state index in [4.69, 9.17) is 9.79 Å². The number of aromatic nitrogens is 1. The average Bonchev–Trinajstić information content (AvgIpc) is 3.05. The van der Waals surface area contributed by atoms with E-state index in [2.05, 4.69) is 47.3 Å². The van der Waals surface area contributed by atoms with Gasteiger partial charge in [-0.05, 0) is 30.0 Å². The average molecular weight is 363 g/mol. The van der Waals surface area contributed by atoms with E-state index < -0.39 is 7.60 Å². The molecular formula is C20H30NO3P. The molecule has 0 bridgehead atoms. The maximum absolute atomic E-state index is 10.7. The largest absolute Gasteiger partial charge is 0.354 e. The molecule has 0 fully saturated rings. The van der Waals surface area contributed by atoms with Crippen molar-refractivity contribution >= 4 is 7.60 Å². The van der Waals surface area contributed by atoms with Gasteiger partial charge in [-0.25, -0.2) is 0 Å². The lowest BCUT2D eigenvalue weighted by atomic mass is 10.1. The lowest BCUT2D eigenvalue weighted by molar-refractivity contribution is 0.370. The second-order valence-electron chi connectivity index (χ2n) is 6.72. The maximum Gasteiger partial charge on any atom is 0.325 e. The molecule has 2 rings (SSSR count). The Morgan fingerprint density at radius 3 is 2.00 bits per heavy atom. The van der Waals surface area contributed by atoms with Crippen LogP contribution in [0.1, 0.15) is 51.4 Å². The standard InChI is InChI=1S/C20H30NO3P/c22-25(23,24)17-11-6-4-2-1-3-5-10-15-21-16-14-20(18-21)19-12-8-7-9-13-19/h7-9,12-14,16,18H,1-6,10-11,15,17H2,(H2,22,23,24). The summed E-state index contributed by atoms with van der Waals surface area (Å²) in [5, 5.41) is 0. The van der Waals surface area contributed by atoms with Gasteiger partial charge < -0.3 is 14.4 Å². The Hall–Kier alpha value is -1.35. The highest BCUT2D eigenvalue weighted by Crippen LogP contribution is 2.35. The van der Waals surface area contributed by atoms with Crippen LogP contribution in [0.15, 0.2) is 48.8 Å². The molecule has 4 nitrogen and oxygen atoms in total. The van der Waals surface area contributed by atoms with Gasteiger partial charge in [0.15, 0.2) is 0 Å². The van der Waals surface area contributed by atoms with Crippen molar-refractivity contribution in [2.24, 2.45) is 0 Å². The van der Waals surface area contributed by atoms with Gasteiger partial charge in [0.05, 0.1) is 0 Å². The topological polar surface area (TPSA) is 62.5 Å². The molecular weight excluding hydrogens is 333 g/mol. The lowest BCUT2D eigenvalue weighted by Gasteiger charge is -2.05. The number of hydrogen-bond donors (Lipinski definition) is 2. The van der Waals surface area contributed by atoms with Crippen LogP contribution in [0.25, 0.3) is 11.1 Å². The van der Waals surface area contributed by atoms with E-state index in [1.165, 1.54) is 43.2 Å². The van der Waals surface area contributed by atoms with Crippen LogP contribution in [-0.2, 0) is 11.1 Å². The first-order valence-corrected chi connectivity index (χ1v) is 11.1. The Kier molecular flexibility index (Phi) is 8.47. The first kappa shape index (κ1) is 20.0. The molecule has 1 aromatic heterocycles. The molecule has 2 aromatic rings. The second-order valence-corrected chi connectivity index (χ2v) is 8.50. The number of rotatable bonds is 12. The predicted molar refractivity (Wildman–Crippen MR) is 104 cm³/mol. The molecule has 5 heteroatoms. The Balaban J connectivity index is 1.50. The Morgan fingerprint density at radius 2 is 1.36 bits per heavy atom. The summed E-state index contributed by atoms with van der Waals surface area (Å²) in [5.41, 5.74) is 2.54. The molecule has 138 valence electrons. The summed E-state index contributed by atoms with van der Waals surface area (Å²) < 4.78 is 13.0. The highest BCUT2D eigenvalue weighted by molar-refractivity contribution is 7.51. The number of nitrogens with zero attached hydrogens (tertiary/aromatic N) is 1. The van der Waals surface area contributed by atoms with Gasteiger partial charge in [0.2, 0.25) is 0 Å². The SMILES string of the molecule is O=P(O)(O)CCCCCCCCCCn1ccc(-c2ccccc2)c1. The van der Waals surface area contributed by atoms with E-state index in [1.54, 1.807) is 0 Å². The van der Waals surface area contributed by atoms with Gasteiger partial charge in [-0.2, -0.15) is 0 Å². The third kappa shape index (κ3) is 8.53. The molecule has 0 atom stereocenters. The van der Waals surface area contributed by atoms with Crippen molar-refractivity contribution in [3.8, 4) is 11.1 Å².